The van der Waals surface area contributed by atoms with Crippen LogP contribution >= 0.6 is 23.2 Å². The average Bonchev–Trinajstić information content (AvgIpc) is 2.82. The van der Waals surface area contributed by atoms with Crippen LogP contribution in [0.25, 0.3) is 0 Å². The van der Waals surface area contributed by atoms with Crippen LogP contribution in [0.3, 0.4) is 0 Å². The Morgan fingerprint density at radius 1 is 1.22 bits per heavy atom. The zero-order valence-corrected chi connectivity index (χ0v) is 16.8. The molecule has 0 aromatic heterocycles. The number of anilines is 1. The molecular formula is C20H20Cl2N2O3. The molecule has 1 heterocycles. The van der Waals surface area contributed by atoms with Crippen molar-refractivity contribution < 1.29 is 14.3 Å². The quantitative estimate of drug-likeness (QED) is 0.808. The van der Waals surface area contributed by atoms with Crippen LogP contribution in [0.15, 0.2) is 30.3 Å². The Bertz CT molecular complexity index is 914. The molecule has 2 aromatic carbocycles. The average molecular weight is 407 g/mol. The lowest BCUT2D eigenvalue weighted by molar-refractivity contribution is -0.126. The Kier molecular flexibility index (Phi) is 5.63. The minimum Gasteiger partial charge on any atom is -0.490 e. The van der Waals surface area contributed by atoms with Gasteiger partial charge in [-0.05, 0) is 37.6 Å². The number of amides is 2. The van der Waals surface area contributed by atoms with Gasteiger partial charge in [0.15, 0.2) is 0 Å². The third kappa shape index (κ3) is 4.04. The van der Waals surface area contributed by atoms with Gasteiger partial charge >= 0.3 is 0 Å². The van der Waals surface area contributed by atoms with Gasteiger partial charge in [0.1, 0.15) is 18.4 Å². The fourth-order valence-corrected chi connectivity index (χ4v) is 3.85. The van der Waals surface area contributed by atoms with E-state index in [-0.39, 0.29) is 18.4 Å². The molecule has 0 fully saturated rings. The minimum absolute atomic E-state index is 0.167. The SMILES string of the molecule is CC(=O)N[C@H]1C(=O)N(CCOc2ccc(Cl)cc2Cl)c2c(C)cc(C)cc21. The summed E-state index contributed by atoms with van der Waals surface area (Å²) in [4.78, 5) is 26.2. The lowest BCUT2D eigenvalue weighted by Crippen LogP contribution is -2.38. The van der Waals surface area contributed by atoms with Crippen molar-refractivity contribution in [3.63, 3.8) is 0 Å². The highest BCUT2D eigenvalue weighted by Gasteiger charge is 2.38. The molecule has 7 heteroatoms. The summed E-state index contributed by atoms with van der Waals surface area (Å²) in [5.74, 6) is 0.0937. The maximum Gasteiger partial charge on any atom is 0.254 e. The molecule has 0 unspecified atom stereocenters. The van der Waals surface area contributed by atoms with Crippen LogP contribution in [0, 0.1) is 13.8 Å². The first-order chi connectivity index (χ1) is 12.8. The van der Waals surface area contributed by atoms with E-state index >= 15 is 0 Å². The first kappa shape index (κ1) is 19.5. The van der Waals surface area contributed by atoms with Crippen molar-refractivity contribution in [2.75, 3.05) is 18.1 Å². The van der Waals surface area contributed by atoms with E-state index in [0.29, 0.717) is 22.3 Å². The fourth-order valence-electron chi connectivity index (χ4n) is 3.38. The number of nitrogens with zero attached hydrogens (tertiary/aromatic N) is 1. The summed E-state index contributed by atoms with van der Waals surface area (Å²) in [5.41, 5.74) is 3.67. The van der Waals surface area contributed by atoms with Gasteiger partial charge < -0.3 is 15.0 Å². The molecule has 0 saturated heterocycles. The van der Waals surface area contributed by atoms with E-state index in [1.54, 1.807) is 23.1 Å². The van der Waals surface area contributed by atoms with Crippen LogP contribution in [-0.4, -0.2) is 25.0 Å². The molecule has 0 aliphatic carbocycles. The molecule has 1 atom stereocenters. The summed E-state index contributed by atoms with van der Waals surface area (Å²) in [6, 6.07) is 8.28. The van der Waals surface area contributed by atoms with Gasteiger partial charge in [-0.25, -0.2) is 0 Å². The van der Waals surface area contributed by atoms with Crippen molar-refractivity contribution in [1.29, 1.82) is 0 Å². The molecule has 1 aliphatic heterocycles. The van der Waals surface area contributed by atoms with E-state index in [2.05, 4.69) is 5.32 Å². The fraction of sp³-hybridized carbons (Fsp3) is 0.300. The molecule has 2 aromatic rings. The number of hydrogen-bond donors (Lipinski definition) is 1. The number of ether oxygens (including phenoxy) is 1. The van der Waals surface area contributed by atoms with Gasteiger partial charge in [0, 0.05) is 17.5 Å². The van der Waals surface area contributed by atoms with Crippen LogP contribution in [0.5, 0.6) is 5.75 Å². The van der Waals surface area contributed by atoms with Gasteiger partial charge in [-0.15, -0.1) is 0 Å². The van der Waals surface area contributed by atoms with Crippen LogP contribution < -0.4 is 15.0 Å². The van der Waals surface area contributed by atoms with Crippen LogP contribution in [0.1, 0.15) is 29.7 Å². The Balaban J connectivity index is 1.81. The summed E-state index contributed by atoms with van der Waals surface area (Å²) in [7, 11) is 0. The minimum atomic E-state index is -0.671. The molecular weight excluding hydrogens is 387 g/mol. The van der Waals surface area contributed by atoms with Gasteiger partial charge in [0.2, 0.25) is 5.91 Å². The Morgan fingerprint density at radius 3 is 2.63 bits per heavy atom. The van der Waals surface area contributed by atoms with E-state index in [0.717, 1.165) is 22.4 Å². The molecule has 1 aliphatic rings. The van der Waals surface area contributed by atoms with Crippen LogP contribution in [0.4, 0.5) is 5.69 Å². The van der Waals surface area contributed by atoms with Gasteiger partial charge in [-0.3, -0.25) is 9.59 Å². The smallest absolute Gasteiger partial charge is 0.254 e. The Hall–Kier alpha value is -2.24. The number of halogens is 2. The summed E-state index contributed by atoms with van der Waals surface area (Å²) >= 11 is 12.0. The molecule has 0 bridgehead atoms. The van der Waals surface area contributed by atoms with Crippen LogP contribution in [0.2, 0.25) is 10.0 Å². The maximum absolute atomic E-state index is 12.9. The Labute approximate surface area is 168 Å². The molecule has 5 nitrogen and oxygen atoms in total. The number of carbonyl (C=O) groups is 2. The van der Waals surface area contributed by atoms with E-state index in [4.69, 9.17) is 27.9 Å². The van der Waals surface area contributed by atoms with Crippen molar-refractivity contribution >= 4 is 40.7 Å². The Morgan fingerprint density at radius 2 is 1.96 bits per heavy atom. The zero-order chi connectivity index (χ0) is 19.7. The predicted molar refractivity (Wildman–Crippen MR) is 107 cm³/mol. The highest BCUT2D eigenvalue weighted by Crippen LogP contribution is 2.39. The van der Waals surface area contributed by atoms with E-state index in [9.17, 15) is 9.59 Å². The third-order valence-electron chi connectivity index (χ3n) is 4.38. The van der Waals surface area contributed by atoms with Gasteiger partial charge in [-0.1, -0.05) is 40.9 Å². The van der Waals surface area contributed by atoms with E-state index in [1.165, 1.54) is 6.92 Å². The number of rotatable bonds is 5. The largest absolute Gasteiger partial charge is 0.490 e. The maximum atomic E-state index is 12.9. The topological polar surface area (TPSA) is 58.6 Å². The highest BCUT2D eigenvalue weighted by molar-refractivity contribution is 6.35. The zero-order valence-electron chi connectivity index (χ0n) is 15.3. The van der Waals surface area contributed by atoms with E-state index < -0.39 is 6.04 Å². The number of carbonyl (C=O) groups excluding carboxylic acids is 2. The van der Waals surface area contributed by atoms with Crippen molar-refractivity contribution in [1.82, 2.24) is 5.32 Å². The molecule has 142 valence electrons. The molecule has 0 radical (unpaired) electrons. The number of benzene rings is 2. The monoisotopic (exact) mass is 406 g/mol. The standard InChI is InChI=1S/C20H20Cl2N2O3/c1-11-8-12(2)19-15(9-11)18(23-13(3)25)20(26)24(19)6-7-27-17-5-4-14(21)10-16(17)22/h4-5,8-10,18H,6-7H2,1-3H3,(H,23,25)/t18-/m1/s1. The molecule has 27 heavy (non-hydrogen) atoms. The molecule has 0 saturated carbocycles. The number of nitrogens with one attached hydrogen (secondary N) is 1. The third-order valence-corrected chi connectivity index (χ3v) is 4.91. The second-order valence-corrected chi connectivity index (χ2v) is 7.41. The molecule has 2 amide bonds. The highest BCUT2D eigenvalue weighted by atomic mass is 35.5. The van der Waals surface area contributed by atoms with Crippen LogP contribution in [-0.2, 0) is 9.59 Å². The lowest BCUT2D eigenvalue weighted by Gasteiger charge is -2.20. The van der Waals surface area contributed by atoms with Crippen molar-refractivity contribution in [3.05, 3.63) is 57.1 Å². The van der Waals surface area contributed by atoms with Gasteiger partial charge in [0.25, 0.3) is 5.91 Å². The summed E-state index contributed by atoms with van der Waals surface area (Å²) < 4.78 is 5.73. The van der Waals surface area contributed by atoms with Crippen molar-refractivity contribution in [2.24, 2.45) is 0 Å². The second kappa shape index (κ2) is 7.79. The summed E-state index contributed by atoms with van der Waals surface area (Å²) in [6.45, 7) is 5.93. The van der Waals surface area contributed by atoms with Crippen molar-refractivity contribution in [2.45, 2.75) is 26.8 Å². The molecule has 0 spiro atoms. The summed E-state index contributed by atoms with van der Waals surface area (Å²) in [6.07, 6.45) is 0. The van der Waals surface area contributed by atoms with E-state index in [1.807, 2.05) is 26.0 Å². The van der Waals surface area contributed by atoms with Gasteiger partial charge in [-0.2, -0.15) is 0 Å². The number of fused-ring (bicyclic) bond motifs is 1. The second-order valence-electron chi connectivity index (χ2n) is 6.57. The normalized spacial score (nSPS) is 15.7. The first-order valence-corrected chi connectivity index (χ1v) is 9.31. The molecule has 3 rings (SSSR count). The van der Waals surface area contributed by atoms with Crippen molar-refractivity contribution in [3.8, 4) is 5.75 Å². The number of hydrogen-bond acceptors (Lipinski definition) is 3. The number of aryl methyl sites for hydroxylation is 2. The predicted octanol–water partition coefficient (Wildman–Crippen LogP) is 4.21. The molecule has 1 N–H and O–H groups in total. The summed E-state index contributed by atoms with van der Waals surface area (Å²) in [5, 5.41) is 3.69. The van der Waals surface area contributed by atoms with Gasteiger partial charge in [0.05, 0.1) is 17.3 Å². The first-order valence-electron chi connectivity index (χ1n) is 8.55. The lowest BCUT2D eigenvalue weighted by atomic mass is 10.0.